The van der Waals surface area contributed by atoms with Crippen molar-refractivity contribution in [1.29, 1.82) is 0 Å². The molecule has 21 heavy (non-hydrogen) atoms. The van der Waals surface area contributed by atoms with Crippen LogP contribution in [0.25, 0.3) is 0 Å². The van der Waals surface area contributed by atoms with Gasteiger partial charge in [0.25, 0.3) is 0 Å². The van der Waals surface area contributed by atoms with Crippen LogP contribution in [0.3, 0.4) is 0 Å². The number of nitrogens with zero attached hydrogens (tertiary/aromatic N) is 1. The summed E-state index contributed by atoms with van der Waals surface area (Å²) in [6.45, 7) is 6.63. The van der Waals surface area contributed by atoms with Gasteiger partial charge in [0, 0.05) is 13.1 Å². The predicted molar refractivity (Wildman–Crippen MR) is 81.3 cm³/mol. The molecule has 0 bridgehead atoms. The van der Waals surface area contributed by atoms with Crippen molar-refractivity contribution in [3.63, 3.8) is 0 Å². The number of amides is 1. The molecular formula is C16H24N2O3. The first-order valence-electron chi connectivity index (χ1n) is 7.15. The van der Waals surface area contributed by atoms with Gasteiger partial charge in [-0.2, -0.15) is 0 Å². The van der Waals surface area contributed by atoms with E-state index in [1.165, 1.54) is 0 Å². The molecule has 1 aliphatic rings. The molecule has 1 fully saturated rings. The summed E-state index contributed by atoms with van der Waals surface area (Å²) in [6, 6.07) is 7.70. The first-order chi connectivity index (χ1) is 9.73. The summed E-state index contributed by atoms with van der Waals surface area (Å²) in [5, 5.41) is 0. The lowest BCUT2D eigenvalue weighted by molar-refractivity contribution is 0.0284. The Hall–Kier alpha value is -1.75. The molecule has 0 radical (unpaired) electrons. The summed E-state index contributed by atoms with van der Waals surface area (Å²) in [6.07, 6.45) is 0.400. The van der Waals surface area contributed by atoms with Crippen LogP contribution >= 0.6 is 0 Å². The number of rotatable bonds is 2. The molecule has 0 aromatic heterocycles. The Labute approximate surface area is 126 Å². The molecule has 0 spiro atoms. The average Bonchev–Trinajstić information content (AvgIpc) is 2.81. The minimum absolute atomic E-state index is 0.308. The van der Waals surface area contributed by atoms with Crippen LogP contribution in [0.1, 0.15) is 32.8 Å². The van der Waals surface area contributed by atoms with Crippen LogP contribution in [0, 0.1) is 0 Å². The molecule has 0 aliphatic carbocycles. The van der Waals surface area contributed by atoms with Gasteiger partial charge >= 0.3 is 6.09 Å². The van der Waals surface area contributed by atoms with E-state index in [1.54, 1.807) is 12.0 Å². The zero-order valence-electron chi connectivity index (χ0n) is 13.2. The first-order valence-corrected chi connectivity index (χ1v) is 7.15. The Kier molecular flexibility index (Phi) is 4.14. The summed E-state index contributed by atoms with van der Waals surface area (Å²) in [5.41, 5.74) is 6.43. The number of methoxy groups -OCH3 is 1. The highest BCUT2D eigenvalue weighted by Gasteiger charge is 2.39. The molecule has 1 unspecified atom stereocenters. The number of carbonyl (C=O) groups excluding carboxylic acids is 1. The summed E-state index contributed by atoms with van der Waals surface area (Å²) >= 11 is 0. The number of benzene rings is 1. The average molecular weight is 292 g/mol. The van der Waals surface area contributed by atoms with Crippen LogP contribution in [0.2, 0.25) is 0 Å². The maximum Gasteiger partial charge on any atom is 0.410 e. The highest BCUT2D eigenvalue weighted by atomic mass is 16.6. The molecule has 2 N–H and O–H groups in total. The summed E-state index contributed by atoms with van der Waals surface area (Å²) in [5.74, 6) is 0.771. The van der Waals surface area contributed by atoms with Crippen molar-refractivity contribution in [2.24, 2.45) is 5.73 Å². The van der Waals surface area contributed by atoms with E-state index < -0.39 is 11.1 Å². The van der Waals surface area contributed by atoms with E-state index in [1.807, 2.05) is 45.0 Å². The number of hydrogen-bond acceptors (Lipinski definition) is 4. The molecule has 1 amide bonds. The fraction of sp³-hybridized carbons (Fsp3) is 0.562. The first kappa shape index (κ1) is 15.6. The van der Waals surface area contributed by atoms with Gasteiger partial charge < -0.3 is 20.1 Å². The van der Waals surface area contributed by atoms with Crippen molar-refractivity contribution in [2.75, 3.05) is 20.2 Å². The van der Waals surface area contributed by atoms with E-state index in [9.17, 15) is 4.79 Å². The Morgan fingerprint density at radius 1 is 1.38 bits per heavy atom. The van der Waals surface area contributed by atoms with Crippen molar-refractivity contribution in [1.82, 2.24) is 4.90 Å². The van der Waals surface area contributed by atoms with Crippen LogP contribution in [0.15, 0.2) is 24.3 Å². The summed E-state index contributed by atoms with van der Waals surface area (Å²) < 4.78 is 10.6. The molecule has 116 valence electrons. The molecule has 1 aromatic rings. The van der Waals surface area contributed by atoms with Gasteiger partial charge in [0.15, 0.2) is 0 Å². The lowest BCUT2D eigenvalue weighted by atomic mass is 9.90. The van der Waals surface area contributed by atoms with Gasteiger partial charge in [-0.1, -0.05) is 12.1 Å². The van der Waals surface area contributed by atoms with Gasteiger partial charge in [0.1, 0.15) is 11.4 Å². The highest BCUT2D eigenvalue weighted by Crippen LogP contribution is 2.32. The molecule has 1 heterocycles. The van der Waals surface area contributed by atoms with E-state index in [-0.39, 0.29) is 6.09 Å². The second-order valence-electron chi connectivity index (χ2n) is 6.54. The number of hydrogen-bond donors (Lipinski definition) is 1. The number of likely N-dealkylation sites (tertiary alicyclic amines) is 1. The molecule has 1 saturated heterocycles. The molecular weight excluding hydrogens is 268 g/mol. The molecule has 5 heteroatoms. The van der Waals surface area contributed by atoms with E-state index in [0.717, 1.165) is 11.3 Å². The Morgan fingerprint density at radius 2 is 2.10 bits per heavy atom. The van der Waals surface area contributed by atoms with Gasteiger partial charge in [-0.25, -0.2) is 4.79 Å². The molecule has 2 rings (SSSR count). The summed E-state index contributed by atoms with van der Waals surface area (Å²) in [7, 11) is 1.63. The smallest absolute Gasteiger partial charge is 0.410 e. The van der Waals surface area contributed by atoms with Crippen LogP contribution < -0.4 is 10.5 Å². The third-order valence-corrected chi connectivity index (χ3v) is 3.60. The fourth-order valence-electron chi connectivity index (χ4n) is 2.48. The predicted octanol–water partition coefficient (Wildman–Crippen LogP) is 2.49. The quantitative estimate of drug-likeness (QED) is 0.909. The van der Waals surface area contributed by atoms with Crippen molar-refractivity contribution >= 4 is 6.09 Å². The van der Waals surface area contributed by atoms with Crippen molar-refractivity contribution in [3.8, 4) is 5.75 Å². The lowest BCUT2D eigenvalue weighted by Crippen LogP contribution is -2.42. The standard InChI is InChI=1S/C16H24N2O3/c1-15(2,3)21-14(19)18-9-8-16(17,11-18)12-6-5-7-13(10-12)20-4/h5-7,10H,8-9,11,17H2,1-4H3. The Morgan fingerprint density at radius 3 is 2.71 bits per heavy atom. The van der Waals surface area contributed by atoms with Crippen molar-refractivity contribution in [2.45, 2.75) is 38.3 Å². The maximum atomic E-state index is 12.1. The second kappa shape index (κ2) is 5.56. The van der Waals surface area contributed by atoms with Crippen LogP contribution in [-0.4, -0.2) is 36.8 Å². The number of nitrogens with two attached hydrogens (primary N) is 1. The zero-order chi connectivity index (χ0) is 15.7. The van der Waals surface area contributed by atoms with Crippen molar-refractivity contribution in [3.05, 3.63) is 29.8 Å². The second-order valence-corrected chi connectivity index (χ2v) is 6.54. The Bertz CT molecular complexity index is 524. The number of carbonyl (C=O) groups is 1. The van der Waals surface area contributed by atoms with Gasteiger partial charge in [-0.15, -0.1) is 0 Å². The topological polar surface area (TPSA) is 64.8 Å². The SMILES string of the molecule is COc1cccc(C2(N)CCN(C(=O)OC(C)(C)C)C2)c1. The lowest BCUT2D eigenvalue weighted by Gasteiger charge is -2.27. The van der Waals surface area contributed by atoms with Crippen LogP contribution in [0.4, 0.5) is 4.79 Å². The third-order valence-electron chi connectivity index (χ3n) is 3.60. The Balaban J connectivity index is 2.11. The molecule has 5 nitrogen and oxygen atoms in total. The van der Waals surface area contributed by atoms with E-state index in [4.69, 9.17) is 15.2 Å². The molecule has 1 atom stereocenters. The normalized spacial score (nSPS) is 22.2. The van der Waals surface area contributed by atoms with E-state index in [2.05, 4.69) is 0 Å². The van der Waals surface area contributed by atoms with Crippen LogP contribution in [0.5, 0.6) is 5.75 Å². The van der Waals surface area contributed by atoms with E-state index >= 15 is 0 Å². The van der Waals surface area contributed by atoms with Crippen LogP contribution in [-0.2, 0) is 10.3 Å². The highest BCUT2D eigenvalue weighted by molar-refractivity contribution is 5.69. The van der Waals surface area contributed by atoms with Gasteiger partial charge in [0.2, 0.25) is 0 Å². The van der Waals surface area contributed by atoms with Gasteiger partial charge in [-0.05, 0) is 44.9 Å². The minimum atomic E-state index is -0.550. The zero-order valence-corrected chi connectivity index (χ0v) is 13.2. The van der Waals surface area contributed by atoms with Gasteiger partial charge in [-0.3, -0.25) is 0 Å². The number of ether oxygens (including phenoxy) is 2. The van der Waals surface area contributed by atoms with E-state index in [0.29, 0.717) is 19.5 Å². The monoisotopic (exact) mass is 292 g/mol. The maximum absolute atomic E-state index is 12.1. The minimum Gasteiger partial charge on any atom is -0.497 e. The van der Waals surface area contributed by atoms with Crippen molar-refractivity contribution < 1.29 is 14.3 Å². The largest absolute Gasteiger partial charge is 0.497 e. The molecule has 0 saturated carbocycles. The molecule has 1 aromatic carbocycles. The van der Waals surface area contributed by atoms with Gasteiger partial charge in [0.05, 0.1) is 12.6 Å². The molecule has 1 aliphatic heterocycles. The third kappa shape index (κ3) is 3.67. The fourth-order valence-corrected chi connectivity index (χ4v) is 2.48. The summed E-state index contributed by atoms with van der Waals surface area (Å²) in [4.78, 5) is 13.8.